The molecule has 0 saturated heterocycles. The molecule has 0 saturated carbocycles. The van der Waals surface area contributed by atoms with Crippen molar-refractivity contribution in [2.75, 3.05) is 0 Å². The SMILES string of the molecule is CC1(c2ccc(Cl)c(F)c2)OC(NC(=O)c2ccccc2)=C(O)C1=O. The van der Waals surface area contributed by atoms with Gasteiger partial charge in [0.25, 0.3) is 11.7 Å². The average Bonchev–Trinajstić information content (AvgIpc) is 2.83. The number of aliphatic hydroxyl groups excluding tert-OH is 1. The minimum atomic E-state index is -1.67. The summed E-state index contributed by atoms with van der Waals surface area (Å²) in [5.41, 5.74) is -1.19. The Morgan fingerprint density at radius 2 is 1.92 bits per heavy atom. The number of hydrogen-bond donors (Lipinski definition) is 2. The van der Waals surface area contributed by atoms with E-state index in [9.17, 15) is 19.1 Å². The molecule has 5 nitrogen and oxygen atoms in total. The molecular formula is C18H13ClFNO4. The highest BCUT2D eigenvalue weighted by atomic mass is 35.5. The van der Waals surface area contributed by atoms with Crippen LogP contribution in [0.2, 0.25) is 5.02 Å². The Labute approximate surface area is 147 Å². The van der Waals surface area contributed by atoms with Crippen LogP contribution in [0.1, 0.15) is 22.8 Å². The first-order chi connectivity index (χ1) is 11.8. The number of nitrogens with one attached hydrogen (secondary N) is 1. The fourth-order valence-electron chi connectivity index (χ4n) is 2.46. The van der Waals surface area contributed by atoms with Crippen LogP contribution in [0.25, 0.3) is 0 Å². The minimum absolute atomic E-state index is 0.104. The van der Waals surface area contributed by atoms with Crippen LogP contribution in [0, 0.1) is 5.82 Å². The molecule has 0 aromatic heterocycles. The van der Waals surface area contributed by atoms with Gasteiger partial charge in [0.1, 0.15) is 5.82 Å². The third-order valence-electron chi connectivity index (χ3n) is 3.90. The van der Waals surface area contributed by atoms with Gasteiger partial charge in [-0.3, -0.25) is 14.9 Å². The highest BCUT2D eigenvalue weighted by Gasteiger charge is 2.48. The molecule has 1 unspecified atom stereocenters. The number of rotatable bonds is 3. The number of carbonyl (C=O) groups excluding carboxylic acids is 2. The lowest BCUT2D eigenvalue weighted by atomic mass is 9.91. The van der Waals surface area contributed by atoms with E-state index in [1.54, 1.807) is 30.3 Å². The molecule has 0 bridgehead atoms. The zero-order valence-electron chi connectivity index (χ0n) is 13.0. The van der Waals surface area contributed by atoms with E-state index in [0.29, 0.717) is 5.56 Å². The molecular weight excluding hydrogens is 349 g/mol. The molecule has 1 atom stereocenters. The Balaban J connectivity index is 1.87. The number of benzene rings is 2. The molecule has 1 amide bonds. The fourth-order valence-corrected chi connectivity index (χ4v) is 2.58. The van der Waals surface area contributed by atoms with Gasteiger partial charge in [-0.1, -0.05) is 35.9 Å². The first-order valence-corrected chi connectivity index (χ1v) is 7.69. The second kappa shape index (κ2) is 6.22. The van der Waals surface area contributed by atoms with Crippen molar-refractivity contribution in [3.63, 3.8) is 0 Å². The molecule has 1 aliphatic heterocycles. The predicted molar refractivity (Wildman–Crippen MR) is 88.4 cm³/mol. The van der Waals surface area contributed by atoms with Crippen molar-refractivity contribution in [1.82, 2.24) is 5.32 Å². The number of Topliss-reactive ketones (excluding diaryl/α,β-unsaturated/α-hetero) is 1. The summed E-state index contributed by atoms with van der Waals surface area (Å²) in [7, 11) is 0. The smallest absolute Gasteiger partial charge is 0.258 e. The maximum absolute atomic E-state index is 13.7. The Morgan fingerprint density at radius 3 is 2.56 bits per heavy atom. The number of ether oxygens (including phenoxy) is 1. The molecule has 128 valence electrons. The predicted octanol–water partition coefficient (Wildman–Crippen LogP) is 3.45. The van der Waals surface area contributed by atoms with E-state index in [-0.39, 0.29) is 16.5 Å². The van der Waals surface area contributed by atoms with E-state index in [1.165, 1.54) is 19.1 Å². The van der Waals surface area contributed by atoms with Crippen molar-refractivity contribution in [1.29, 1.82) is 0 Å². The quantitative estimate of drug-likeness (QED) is 0.878. The summed E-state index contributed by atoms with van der Waals surface area (Å²) < 4.78 is 19.2. The third kappa shape index (κ3) is 2.96. The average molecular weight is 362 g/mol. The number of carbonyl (C=O) groups is 2. The third-order valence-corrected chi connectivity index (χ3v) is 4.21. The van der Waals surface area contributed by atoms with E-state index in [2.05, 4.69) is 5.32 Å². The van der Waals surface area contributed by atoms with Gasteiger partial charge in [-0.15, -0.1) is 0 Å². The summed E-state index contributed by atoms with van der Waals surface area (Å²) in [6.45, 7) is 1.37. The highest BCUT2D eigenvalue weighted by molar-refractivity contribution is 6.30. The number of hydrogen-bond acceptors (Lipinski definition) is 4. The molecule has 0 radical (unpaired) electrons. The molecule has 0 aliphatic carbocycles. The molecule has 2 aromatic carbocycles. The van der Waals surface area contributed by atoms with Gasteiger partial charge in [0, 0.05) is 11.1 Å². The van der Waals surface area contributed by atoms with Crippen LogP contribution in [0.4, 0.5) is 4.39 Å². The molecule has 0 spiro atoms. The van der Waals surface area contributed by atoms with Crippen LogP contribution in [-0.4, -0.2) is 16.8 Å². The lowest BCUT2D eigenvalue weighted by Gasteiger charge is -2.23. The zero-order chi connectivity index (χ0) is 18.2. The number of halogens is 2. The Kier molecular flexibility index (Phi) is 4.22. The van der Waals surface area contributed by atoms with Crippen LogP contribution < -0.4 is 5.32 Å². The molecule has 7 heteroatoms. The van der Waals surface area contributed by atoms with Gasteiger partial charge in [0.05, 0.1) is 5.02 Å². The van der Waals surface area contributed by atoms with Gasteiger partial charge in [-0.25, -0.2) is 4.39 Å². The number of aliphatic hydroxyl groups is 1. The van der Waals surface area contributed by atoms with Crippen LogP contribution >= 0.6 is 11.6 Å². The molecule has 2 N–H and O–H groups in total. The first kappa shape index (κ1) is 17.0. The maximum Gasteiger partial charge on any atom is 0.258 e. The highest BCUT2D eigenvalue weighted by Crippen LogP contribution is 2.38. The van der Waals surface area contributed by atoms with E-state index >= 15 is 0 Å². The second-order valence-corrected chi connectivity index (χ2v) is 6.00. The summed E-state index contributed by atoms with van der Waals surface area (Å²) in [5, 5.41) is 12.3. The Morgan fingerprint density at radius 1 is 1.24 bits per heavy atom. The summed E-state index contributed by atoms with van der Waals surface area (Å²) in [4.78, 5) is 24.6. The number of ketones is 1. The van der Waals surface area contributed by atoms with Crippen LogP contribution in [0.15, 0.2) is 60.2 Å². The van der Waals surface area contributed by atoms with E-state index in [0.717, 1.165) is 6.07 Å². The lowest BCUT2D eigenvalue weighted by Crippen LogP contribution is -2.32. The van der Waals surface area contributed by atoms with Gasteiger partial charge in [0.2, 0.25) is 11.6 Å². The van der Waals surface area contributed by atoms with Gasteiger partial charge >= 0.3 is 0 Å². The van der Waals surface area contributed by atoms with E-state index in [4.69, 9.17) is 16.3 Å². The van der Waals surface area contributed by atoms with E-state index in [1.807, 2.05) is 0 Å². The van der Waals surface area contributed by atoms with Gasteiger partial charge < -0.3 is 9.84 Å². The molecule has 2 aromatic rings. The van der Waals surface area contributed by atoms with Crippen LogP contribution in [0.5, 0.6) is 0 Å². The standard InChI is InChI=1S/C18H13ClFNO4/c1-18(11-7-8-12(19)13(20)9-11)15(23)14(22)17(25-18)21-16(24)10-5-3-2-4-6-10/h2-9,22H,1H3,(H,21,24). The Hall–Kier alpha value is -2.86. The summed E-state index contributed by atoms with van der Waals surface area (Å²) in [6.07, 6.45) is 0. The minimum Gasteiger partial charge on any atom is -0.501 e. The normalized spacial score (nSPS) is 19.7. The molecule has 1 aliphatic rings. The first-order valence-electron chi connectivity index (χ1n) is 7.32. The van der Waals surface area contributed by atoms with Crippen LogP contribution in [0.3, 0.4) is 0 Å². The van der Waals surface area contributed by atoms with Gasteiger partial charge in [0.15, 0.2) is 5.60 Å². The molecule has 0 fully saturated rings. The molecule has 25 heavy (non-hydrogen) atoms. The van der Waals surface area contributed by atoms with Crippen molar-refractivity contribution >= 4 is 23.3 Å². The fraction of sp³-hybridized carbons (Fsp3) is 0.111. The molecule has 3 rings (SSSR count). The zero-order valence-corrected chi connectivity index (χ0v) is 13.8. The second-order valence-electron chi connectivity index (χ2n) is 5.59. The maximum atomic E-state index is 13.7. The Bertz CT molecular complexity index is 897. The van der Waals surface area contributed by atoms with Crippen molar-refractivity contribution in [3.8, 4) is 0 Å². The van der Waals surface area contributed by atoms with Crippen molar-refractivity contribution in [3.05, 3.63) is 82.1 Å². The van der Waals surface area contributed by atoms with Crippen LogP contribution in [-0.2, 0) is 15.1 Å². The van der Waals surface area contributed by atoms with Crippen molar-refractivity contribution in [2.24, 2.45) is 0 Å². The van der Waals surface area contributed by atoms with E-state index < -0.39 is 28.9 Å². The topological polar surface area (TPSA) is 75.6 Å². The van der Waals surface area contributed by atoms with Gasteiger partial charge in [-0.2, -0.15) is 0 Å². The van der Waals surface area contributed by atoms with Crippen molar-refractivity contribution < 1.29 is 23.8 Å². The monoisotopic (exact) mass is 361 g/mol. The molecule has 1 heterocycles. The summed E-state index contributed by atoms with van der Waals surface area (Å²) in [5.74, 6) is -3.18. The lowest BCUT2D eigenvalue weighted by molar-refractivity contribution is -0.131. The summed E-state index contributed by atoms with van der Waals surface area (Å²) in [6, 6.07) is 12.0. The number of amides is 1. The largest absolute Gasteiger partial charge is 0.501 e. The van der Waals surface area contributed by atoms with Gasteiger partial charge in [-0.05, 0) is 31.2 Å². The van der Waals surface area contributed by atoms with Crippen molar-refractivity contribution in [2.45, 2.75) is 12.5 Å². The summed E-state index contributed by atoms with van der Waals surface area (Å²) >= 11 is 5.65.